The van der Waals surface area contributed by atoms with Gasteiger partial charge in [-0.05, 0) is 31.4 Å². The Bertz CT molecular complexity index is 476. The third-order valence-electron chi connectivity index (χ3n) is 3.65. The third kappa shape index (κ3) is 3.35. The largest absolute Gasteiger partial charge is 0.491 e. The molecule has 5 heteroatoms. The monoisotopic (exact) mass is 277 g/mol. The fourth-order valence-corrected chi connectivity index (χ4v) is 2.50. The van der Waals surface area contributed by atoms with Crippen molar-refractivity contribution in [1.82, 2.24) is 0 Å². The average molecular weight is 277 g/mol. The van der Waals surface area contributed by atoms with Gasteiger partial charge in [0.25, 0.3) is 0 Å². The maximum absolute atomic E-state index is 11.3. The van der Waals surface area contributed by atoms with Crippen molar-refractivity contribution in [2.24, 2.45) is 11.7 Å². The lowest BCUT2D eigenvalue weighted by Gasteiger charge is -2.33. The summed E-state index contributed by atoms with van der Waals surface area (Å²) >= 11 is 0. The second kappa shape index (κ2) is 6.50. The Morgan fingerprint density at radius 3 is 3.00 bits per heavy atom. The highest BCUT2D eigenvalue weighted by Crippen LogP contribution is 2.30. The normalized spacial score (nSPS) is 18.9. The number of nitrogen functional groups attached to an aromatic ring is 1. The molecule has 1 aliphatic rings. The number of anilines is 2. The lowest BCUT2D eigenvalue weighted by molar-refractivity contribution is -0.122. The van der Waals surface area contributed by atoms with E-state index in [2.05, 4.69) is 11.8 Å². The van der Waals surface area contributed by atoms with Crippen molar-refractivity contribution in [3.05, 3.63) is 18.2 Å². The van der Waals surface area contributed by atoms with E-state index in [4.69, 9.17) is 16.2 Å². The van der Waals surface area contributed by atoms with Gasteiger partial charge in [-0.1, -0.05) is 6.92 Å². The summed E-state index contributed by atoms with van der Waals surface area (Å²) in [6, 6.07) is 5.78. The van der Waals surface area contributed by atoms with Crippen molar-refractivity contribution in [1.29, 1.82) is 0 Å². The molecule has 0 aliphatic carbocycles. The van der Waals surface area contributed by atoms with Gasteiger partial charge in [-0.15, -0.1) is 0 Å². The first-order valence-corrected chi connectivity index (χ1v) is 7.18. The van der Waals surface area contributed by atoms with E-state index in [9.17, 15) is 4.79 Å². The summed E-state index contributed by atoms with van der Waals surface area (Å²) in [4.78, 5) is 13.5. The molecule has 1 fully saturated rings. The maximum Gasteiger partial charge on any atom is 0.222 e. The van der Waals surface area contributed by atoms with E-state index in [1.807, 2.05) is 18.2 Å². The van der Waals surface area contributed by atoms with E-state index in [-0.39, 0.29) is 11.8 Å². The standard InChI is InChI=1S/C15H23N3O2/c1-2-8-20-14-9-12(5-6-13(14)16)18-7-3-4-11(10-18)15(17)19/h5-6,9,11H,2-4,7-8,10,16H2,1H3,(H2,17,19). The predicted molar refractivity (Wildman–Crippen MR) is 80.8 cm³/mol. The van der Waals surface area contributed by atoms with Crippen LogP contribution in [-0.2, 0) is 4.79 Å². The van der Waals surface area contributed by atoms with Crippen molar-refractivity contribution in [3.63, 3.8) is 0 Å². The van der Waals surface area contributed by atoms with Crippen LogP contribution in [0.1, 0.15) is 26.2 Å². The number of rotatable bonds is 5. The SMILES string of the molecule is CCCOc1cc(N2CCCC(C(N)=O)C2)ccc1N. The zero-order valence-electron chi connectivity index (χ0n) is 12.0. The van der Waals surface area contributed by atoms with Gasteiger partial charge in [-0.3, -0.25) is 4.79 Å². The molecule has 1 heterocycles. The Kier molecular flexibility index (Phi) is 4.71. The van der Waals surface area contributed by atoms with Gasteiger partial charge >= 0.3 is 0 Å². The number of ether oxygens (including phenoxy) is 1. The van der Waals surface area contributed by atoms with Gasteiger partial charge in [0.2, 0.25) is 5.91 Å². The Labute approximate surface area is 119 Å². The first-order valence-electron chi connectivity index (χ1n) is 7.18. The van der Waals surface area contributed by atoms with Crippen LogP contribution in [0.25, 0.3) is 0 Å². The van der Waals surface area contributed by atoms with Crippen LogP contribution < -0.4 is 21.1 Å². The number of primary amides is 1. The van der Waals surface area contributed by atoms with E-state index in [1.165, 1.54) is 0 Å². The number of carbonyl (C=O) groups is 1. The van der Waals surface area contributed by atoms with Crippen LogP contribution >= 0.6 is 0 Å². The minimum absolute atomic E-state index is 0.0682. The molecule has 1 saturated heterocycles. The molecule has 1 amide bonds. The molecule has 1 aromatic carbocycles. The van der Waals surface area contributed by atoms with E-state index >= 15 is 0 Å². The topological polar surface area (TPSA) is 81.6 Å². The first kappa shape index (κ1) is 14.5. The quantitative estimate of drug-likeness (QED) is 0.803. The lowest BCUT2D eigenvalue weighted by atomic mass is 9.97. The molecular formula is C15H23N3O2. The van der Waals surface area contributed by atoms with E-state index in [1.54, 1.807) is 0 Å². The van der Waals surface area contributed by atoms with Crippen molar-refractivity contribution in [2.45, 2.75) is 26.2 Å². The Morgan fingerprint density at radius 2 is 2.30 bits per heavy atom. The molecule has 4 N–H and O–H groups in total. The summed E-state index contributed by atoms with van der Waals surface area (Å²) in [5.41, 5.74) is 13.0. The molecule has 1 aromatic rings. The molecule has 110 valence electrons. The summed E-state index contributed by atoms with van der Waals surface area (Å²) in [6.45, 7) is 4.31. The van der Waals surface area contributed by atoms with Crippen molar-refractivity contribution in [2.75, 3.05) is 30.3 Å². The van der Waals surface area contributed by atoms with Gasteiger partial charge in [0.05, 0.1) is 18.2 Å². The Balaban J connectivity index is 2.13. The molecule has 20 heavy (non-hydrogen) atoms. The number of hydrogen-bond donors (Lipinski definition) is 2. The zero-order chi connectivity index (χ0) is 14.5. The van der Waals surface area contributed by atoms with Crippen molar-refractivity contribution >= 4 is 17.3 Å². The number of nitrogens with two attached hydrogens (primary N) is 2. The van der Waals surface area contributed by atoms with Gasteiger partial charge in [-0.25, -0.2) is 0 Å². The van der Waals surface area contributed by atoms with Crippen molar-refractivity contribution < 1.29 is 9.53 Å². The fourth-order valence-electron chi connectivity index (χ4n) is 2.50. The number of amides is 1. The maximum atomic E-state index is 11.3. The molecule has 0 bridgehead atoms. The van der Waals surface area contributed by atoms with Crippen LogP contribution in [0.4, 0.5) is 11.4 Å². The van der Waals surface area contributed by atoms with Crippen molar-refractivity contribution in [3.8, 4) is 5.75 Å². The van der Waals surface area contributed by atoms with E-state index < -0.39 is 0 Å². The fraction of sp³-hybridized carbons (Fsp3) is 0.533. The van der Waals surface area contributed by atoms with Crippen LogP contribution in [0.5, 0.6) is 5.75 Å². The summed E-state index contributed by atoms with van der Waals surface area (Å²) in [7, 11) is 0. The van der Waals surface area contributed by atoms with Crippen LogP contribution in [-0.4, -0.2) is 25.6 Å². The number of hydrogen-bond acceptors (Lipinski definition) is 4. The highest BCUT2D eigenvalue weighted by atomic mass is 16.5. The Morgan fingerprint density at radius 1 is 1.50 bits per heavy atom. The molecule has 1 atom stereocenters. The lowest BCUT2D eigenvalue weighted by Crippen LogP contribution is -2.41. The van der Waals surface area contributed by atoms with Crippen LogP contribution in [0, 0.1) is 5.92 Å². The van der Waals surface area contributed by atoms with E-state index in [0.717, 1.165) is 31.5 Å². The molecule has 0 spiro atoms. The molecule has 1 aliphatic heterocycles. The second-order valence-electron chi connectivity index (χ2n) is 5.26. The summed E-state index contributed by atoms with van der Waals surface area (Å²) in [5, 5.41) is 0. The summed E-state index contributed by atoms with van der Waals surface area (Å²) in [6.07, 6.45) is 2.79. The van der Waals surface area contributed by atoms with Gasteiger partial charge in [0.15, 0.2) is 0 Å². The number of carbonyl (C=O) groups excluding carboxylic acids is 1. The van der Waals surface area contributed by atoms with Crippen LogP contribution in [0.15, 0.2) is 18.2 Å². The Hall–Kier alpha value is -1.91. The van der Waals surface area contributed by atoms with Gasteiger partial charge in [0.1, 0.15) is 5.75 Å². The molecule has 0 aromatic heterocycles. The van der Waals surface area contributed by atoms with Crippen LogP contribution in [0.2, 0.25) is 0 Å². The third-order valence-corrected chi connectivity index (χ3v) is 3.65. The minimum atomic E-state index is -0.215. The highest BCUT2D eigenvalue weighted by Gasteiger charge is 2.24. The molecular weight excluding hydrogens is 254 g/mol. The number of benzene rings is 1. The van der Waals surface area contributed by atoms with Gasteiger partial charge in [0, 0.05) is 24.8 Å². The van der Waals surface area contributed by atoms with Gasteiger partial charge in [-0.2, -0.15) is 0 Å². The number of nitrogens with zero attached hydrogens (tertiary/aromatic N) is 1. The number of piperidine rings is 1. The molecule has 2 rings (SSSR count). The smallest absolute Gasteiger partial charge is 0.222 e. The average Bonchev–Trinajstić information content (AvgIpc) is 2.46. The molecule has 5 nitrogen and oxygen atoms in total. The molecule has 0 saturated carbocycles. The zero-order valence-corrected chi connectivity index (χ0v) is 12.0. The molecule has 0 radical (unpaired) electrons. The highest BCUT2D eigenvalue weighted by molar-refractivity contribution is 5.77. The second-order valence-corrected chi connectivity index (χ2v) is 5.26. The first-order chi connectivity index (χ1) is 9.61. The van der Waals surface area contributed by atoms with E-state index in [0.29, 0.717) is 24.6 Å². The minimum Gasteiger partial charge on any atom is -0.491 e. The van der Waals surface area contributed by atoms with Gasteiger partial charge < -0.3 is 21.1 Å². The predicted octanol–water partition coefficient (Wildman–Crippen LogP) is 1.76. The summed E-state index contributed by atoms with van der Waals surface area (Å²) in [5.74, 6) is 0.430. The molecule has 1 unspecified atom stereocenters. The van der Waals surface area contributed by atoms with Crippen LogP contribution in [0.3, 0.4) is 0 Å². The summed E-state index contributed by atoms with van der Waals surface area (Å²) < 4.78 is 5.65.